The molecule has 0 unspecified atom stereocenters. The van der Waals surface area contributed by atoms with Crippen LogP contribution in [-0.4, -0.2) is 98.4 Å². The summed E-state index contributed by atoms with van der Waals surface area (Å²) in [5.74, 6) is -1.76. The zero-order valence-corrected chi connectivity index (χ0v) is 24.6. The van der Waals surface area contributed by atoms with Crippen LogP contribution in [-0.2, 0) is 4.79 Å². The average Bonchev–Trinajstić information content (AvgIpc) is 3.37. The number of alkyl halides is 5. The van der Waals surface area contributed by atoms with E-state index in [0.717, 1.165) is 10.9 Å². The van der Waals surface area contributed by atoms with Crippen LogP contribution in [0.3, 0.4) is 0 Å². The first-order chi connectivity index (χ1) is 21.1. The molecule has 0 aliphatic carbocycles. The van der Waals surface area contributed by atoms with Gasteiger partial charge in [0.05, 0.1) is 18.7 Å². The van der Waals surface area contributed by atoms with Crippen LogP contribution < -0.4 is 20.9 Å². The van der Waals surface area contributed by atoms with E-state index in [2.05, 4.69) is 35.9 Å². The number of pyridine rings is 2. The van der Waals surface area contributed by atoms with Gasteiger partial charge in [-0.25, -0.2) is 23.5 Å². The molecule has 2 aliphatic heterocycles. The lowest BCUT2D eigenvalue weighted by Crippen LogP contribution is -2.52. The summed E-state index contributed by atoms with van der Waals surface area (Å²) in [5, 5.41) is 27.3. The molecule has 0 saturated carbocycles. The number of carboxylic acid groups (broad SMARTS) is 1. The van der Waals surface area contributed by atoms with E-state index in [-0.39, 0.29) is 31.1 Å². The van der Waals surface area contributed by atoms with E-state index in [4.69, 9.17) is 9.90 Å². The molecule has 45 heavy (non-hydrogen) atoms. The molecular weight excluding hydrogens is 607 g/mol. The standard InChI is InChI=1S/C26H32F2N8O2.C2HF3O2/c1-14(2)16-9-32-23(24(38)33-19-12-29-11-18(19)27)17-10-31-22(8-15(16)17)34-21-4-6-30-25(35-21)36-7-5-20(37)26(3,28)13-36;3-2(4,5)1(6)7/h4,6,8-10,14,18-20,29,37H,5,7,11-13H2,1-3H3,(H,33,38)(H,30,31,34,35);(H,6,7)/t18-,19+,20-,26+;/m1./s1. The fourth-order valence-electron chi connectivity index (χ4n) is 4.90. The van der Waals surface area contributed by atoms with Crippen LogP contribution >= 0.6 is 0 Å². The third kappa shape index (κ3) is 8.08. The highest BCUT2D eigenvalue weighted by Gasteiger charge is 2.40. The Morgan fingerprint density at radius 1 is 1.13 bits per heavy atom. The molecule has 3 aromatic rings. The third-order valence-corrected chi connectivity index (χ3v) is 7.39. The van der Waals surface area contributed by atoms with Gasteiger partial charge in [-0.3, -0.25) is 9.78 Å². The van der Waals surface area contributed by atoms with Crippen LogP contribution in [0.2, 0.25) is 0 Å². The molecule has 5 N–H and O–H groups in total. The lowest BCUT2D eigenvalue weighted by molar-refractivity contribution is -0.192. The van der Waals surface area contributed by atoms with Crippen molar-refractivity contribution in [2.75, 3.05) is 36.4 Å². The van der Waals surface area contributed by atoms with Gasteiger partial charge >= 0.3 is 12.1 Å². The Morgan fingerprint density at radius 2 is 1.84 bits per heavy atom. The molecule has 0 spiro atoms. The van der Waals surface area contributed by atoms with Crippen molar-refractivity contribution in [3.05, 3.63) is 42.0 Å². The molecule has 0 bridgehead atoms. The number of carbonyl (C=O) groups is 2. The normalized spacial score (nSPS) is 23.4. The first-order valence-corrected chi connectivity index (χ1v) is 14.0. The van der Waals surface area contributed by atoms with E-state index < -0.39 is 42.0 Å². The maximum absolute atomic E-state index is 14.7. The van der Waals surface area contributed by atoms with Gasteiger partial charge in [-0.2, -0.15) is 18.2 Å². The van der Waals surface area contributed by atoms with Crippen LogP contribution in [0.4, 0.5) is 39.5 Å². The molecule has 17 heteroatoms. The number of hydrogen-bond acceptors (Lipinski definition) is 10. The Kier molecular flexibility index (Phi) is 10.0. The van der Waals surface area contributed by atoms with Crippen molar-refractivity contribution in [2.45, 2.75) is 63.3 Å². The maximum Gasteiger partial charge on any atom is 0.490 e. The van der Waals surface area contributed by atoms with Crippen molar-refractivity contribution in [3.8, 4) is 0 Å². The zero-order chi connectivity index (χ0) is 33.1. The second-order valence-electron chi connectivity index (χ2n) is 11.3. The number of carbonyl (C=O) groups excluding carboxylic acids is 1. The van der Waals surface area contributed by atoms with Crippen molar-refractivity contribution in [1.29, 1.82) is 0 Å². The van der Waals surface area contributed by atoms with Crippen molar-refractivity contribution >= 4 is 40.2 Å². The quantitative estimate of drug-likeness (QED) is 0.251. The Labute approximate surface area is 254 Å². The molecule has 3 aromatic heterocycles. The summed E-state index contributed by atoms with van der Waals surface area (Å²) < 4.78 is 60.5. The Bertz CT molecular complexity index is 1540. The summed E-state index contributed by atoms with van der Waals surface area (Å²) >= 11 is 0. The van der Waals surface area contributed by atoms with Crippen molar-refractivity contribution in [2.24, 2.45) is 0 Å². The van der Waals surface area contributed by atoms with Gasteiger partial charge in [0.25, 0.3) is 5.91 Å². The fraction of sp³-hybridized carbons (Fsp3) is 0.500. The van der Waals surface area contributed by atoms with E-state index in [1.165, 1.54) is 6.92 Å². The number of piperidine rings is 1. The van der Waals surface area contributed by atoms with Crippen LogP contribution in [0.5, 0.6) is 0 Å². The van der Waals surface area contributed by atoms with Gasteiger partial charge in [0.1, 0.15) is 23.5 Å². The summed E-state index contributed by atoms with van der Waals surface area (Å²) in [6, 6.07) is 2.90. The van der Waals surface area contributed by atoms with Gasteiger partial charge in [0.15, 0.2) is 5.67 Å². The molecule has 2 aliphatic rings. The fourth-order valence-corrected chi connectivity index (χ4v) is 4.90. The summed E-state index contributed by atoms with van der Waals surface area (Å²) in [6.45, 7) is 6.44. The number of aliphatic carboxylic acids is 1. The monoisotopic (exact) mass is 640 g/mol. The van der Waals surface area contributed by atoms with Gasteiger partial charge in [-0.15, -0.1) is 0 Å². The summed E-state index contributed by atoms with van der Waals surface area (Å²) in [4.78, 5) is 41.3. The van der Waals surface area contributed by atoms with Gasteiger partial charge in [-0.05, 0) is 42.3 Å². The second kappa shape index (κ2) is 13.4. The van der Waals surface area contributed by atoms with Crippen LogP contribution in [0, 0.1) is 0 Å². The number of nitrogens with one attached hydrogen (secondary N) is 3. The smallest absolute Gasteiger partial charge is 0.475 e. The molecule has 0 aromatic carbocycles. The number of carboxylic acids is 1. The number of aliphatic hydroxyl groups is 1. The second-order valence-corrected chi connectivity index (χ2v) is 11.3. The van der Waals surface area contributed by atoms with Gasteiger partial charge < -0.3 is 31.1 Å². The minimum absolute atomic E-state index is 0.0124. The topological polar surface area (TPSA) is 165 Å². The molecule has 5 rings (SSSR count). The zero-order valence-electron chi connectivity index (χ0n) is 24.6. The lowest BCUT2D eigenvalue weighted by atomic mass is 9.94. The molecular formula is C28H33F5N8O4. The first kappa shape index (κ1) is 33.6. The number of fused-ring (bicyclic) bond motifs is 1. The van der Waals surface area contributed by atoms with Crippen LogP contribution in [0.1, 0.15) is 49.2 Å². The SMILES string of the molecule is CC(C)c1cnc(C(=O)N[C@H]2CNC[C@H]2F)c2cnc(Nc3ccnc(N4CC[C@@H](O)[C@@](C)(F)C4)n3)cc12.O=C(O)C(F)(F)F. The minimum atomic E-state index is -5.08. The molecule has 12 nitrogen and oxygen atoms in total. The highest BCUT2D eigenvalue weighted by molar-refractivity contribution is 6.06. The predicted molar refractivity (Wildman–Crippen MR) is 154 cm³/mol. The van der Waals surface area contributed by atoms with Crippen molar-refractivity contribution in [3.63, 3.8) is 0 Å². The molecule has 2 saturated heterocycles. The van der Waals surface area contributed by atoms with E-state index in [9.17, 15) is 31.9 Å². The van der Waals surface area contributed by atoms with E-state index in [1.54, 1.807) is 29.6 Å². The summed E-state index contributed by atoms with van der Waals surface area (Å²) in [5.41, 5.74) is -0.630. The number of hydrogen-bond donors (Lipinski definition) is 5. The van der Waals surface area contributed by atoms with E-state index in [0.29, 0.717) is 36.1 Å². The van der Waals surface area contributed by atoms with Crippen LogP contribution in [0.15, 0.2) is 30.7 Å². The van der Waals surface area contributed by atoms with Gasteiger partial charge in [0, 0.05) is 43.6 Å². The molecule has 2 fully saturated rings. The number of nitrogens with zero attached hydrogens (tertiary/aromatic N) is 5. The largest absolute Gasteiger partial charge is 0.490 e. The Balaban J connectivity index is 0.000000591. The number of amides is 1. The van der Waals surface area contributed by atoms with Crippen molar-refractivity contribution < 1.29 is 41.8 Å². The summed E-state index contributed by atoms with van der Waals surface area (Å²) in [6.07, 6.45) is -2.15. The lowest BCUT2D eigenvalue weighted by Gasteiger charge is -2.38. The van der Waals surface area contributed by atoms with E-state index in [1.807, 2.05) is 19.9 Å². The molecule has 4 atom stereocenters. The van der Waals surface area contributed by atoms with Gasteiger partial charge in [-0.1, -0.05) is 13.8 Å². The highest BCUT2D eigenvalue weighted by atomic mass is 19.4. The Morgan fingerprint density at radius 3 is 2.44 bits per heavy atom. The van der Waals surface area contributed by atoms with Crippen molar-refractivity contribution in [1.82, 2.24) is 30.6 Å². The Hall–Kier alpha value is -4.25. The number of halogens is 5. The number of aliphatic hydroxyl groups excluding tert-OH is 1. The minimum Gasteiger partial charge on any atom is -0.475 e. The number of aromatic nitrogens is 4. The average molecular weight is 641 g/mol. The number of rotatable bonds is 6. The molecule has 0 radical (unpaired) electrons. The van der Waals surface area contributed by atoms with E-state index >= 15 is 0 Å². The maximum atomic E-state index is 14.7. The number of anilines is 3. The van der Waals surface area contributed by atoms with Gasteiger partial charge in [0.2, 0.25) is 5.95 Å². The molecule has 244 valence electrons. The predicted octanol–water partition coefficient (Wildman–Crippen LogP) is 3.26. The van der Waals surface area contributed by atoms with Crippen LogP contribution in [0.25, 0.3) is 10.8 Å². The first-order valence-electron chi connectivity index (χ1n) is 14.0. The highest BCUT2D eigenvalue weighted by Crippen LogP contribution is 2.30. The molecule has 1 amide bonds. The molecule has 5 heterocycles. The third-order valence-electron chi connectivity index (χ3n) is 7.39. The summed E-state index contributed by atoms with van der Waals surface area (Å²) in [7, 11) is 0.